The van der Waals surface area contributed by atoms with Crippen LogP contribution in [0.4, 0.5) is 5.69 Å². The molecule has 0 bridgehead atoms. The van der Waals surface area contributed by atoms with Gasteiger partial charge in [0, 0.05) is 45.7 Å². The van der Waals surface area contributed by atoms with E-state index in [-0.39, 0.29) is 17.7 Å². The highest BCUT2D eigenvalue weighted by atomic mass is 16.2. The minimum atomic E-state index is -0.600. The van der Waals surface area contributed by atoms with Crippen LogP contribution in [0, 0.1) is 0 Å². The molecule has 1 spiro atoms. The van der Waals surface area contributed by atoms with Crippen molar-refractivity contribution in [2.75, 3.05) is 31.6 Å². The first-order chi connectivity index (χ1) is 12.0. The van der Waals surface area contributed by atoms with E-state index in [0.717, 1.165) is 24.1 Å². The highest BCUT2D eigenvalue weighted by molar-refractivity contribution is 6.08. The third kappa shape index (κ3) is 3.13. The van der Waals surface area contributed by atoms with Gasteiger partial charge < -0.3 is 15.1 Å². The molecule has 25 heavy (non-hydrogen) atoms. The van der Waals surface area contributed by atoms with Gasteiger partial charge in [-0.05, 0) is 30.9 Å². The molecule has 6 nitrogen and oxygen atoms in total. The summed E-state index contributed by atoms with van der Waals surface area (Å²) in [7, 11) is 1.81. The Balaban J connectivity index is 1.72. The van der Waals surface area contributed by atoms with Crippen molar-refractivity contribution >= 4 is 23.4 Å². The first-order valence-corrected chi connectivity index (χ1v) is 8.85. The van der Waals surface area contributed by atoms with Gasteiger partial charge in [0.2, 0.25) is 17.7 Å². The Morgan fingerprint density at radius 2 is 2.04 bits per heavy atom. The van der Waals surface area contributed by atoms with Gasteiger partial charge in [-0.2, -0.15) is 0 Å². The zero-order valence-electron chi connectivity index (χ0n) is 14.9. The molecule has 1 aromatic carbocycles. The molecule has 3 rings (SSSR count). The summed E-state index contributed by atoms with van der Waals surface area (Å²) in [5, 5.41) is 2.71. The lowest BCUT2D eigenvalue weighted by atomic mass is 9.75. The van der Waals surface area contributed by atoms with E-state index in [9.17, 15) is 14.4 Å². The molecular weight excluding hydrogens is 318 g/mol. The summed E-state index contributed by atoms with van der Waals surface area (Å²) in [6, 6.07) is 7.88. The van der Waals surface area contributed by atoms with E-state index in [1.165, 1.54) is 6.92 Å². The van der Waals surface area contributed by atoms with Gasteiger partial charge in [0.05, 0.1) is 5.41 Å². The van der Waals surface area contributed by atoms with Crippen LogP contribution in [0.1, 0.15) is 38.2 Å². The maximum absolute atomic E-state index is 13.0. The van der Waals surface area contributed by atoms with Crippen LogP contribution >= 0.6 is 0 Å². The lowest BCUT2D eigenvalue weighted by Gasteiger charge is -2.39. The highest BCUT2D eigenvalue weighted by Crippen LogP contribution is 2.46. The molecule has 0 saturated carbocycles. The zero-order valence-corrected chi connectivity index (χ0v) is 14.9. The molecule has 2 aliphatic rings. The monoisotopic (exact) mass is 343 g/mol. The fourth-order valence-electron chi connectivity index (χ4n) is 4.04. The number of carbonyl (C=O) groups is 3. The van der Waals surface area contributed by atoms with Crippen LogP contribution in [0.15, 0.2) is 24.3 Å². The number of fused-ring (bicyclic) bond motifs is 2. The van der Waals surface area contributed by atoms with Crippen molar-refractivity contribution in [1.82, 2.24) is 10.2 Å². The Labute approximate surface area is 148 Å². The van der Waals surface area contributed by atoms with Crippen molar-refractivity contribution in [3.63, 3.8) is 0 Å². The van der Waals surface area contributed by atoms with Crippen molar-refractivity contribution in [2.45, 2.75) is 38.0 Å². The van der Waals surface area contributed by atoms with E-state index >= 15 is 0 Å². The van der Waals surface area contributed by atoms with Crippen molar-refractivity contribution in [1.29, 1.82) is 0 Å². The largest absolute Gasteiger partial charge is 0.356 e. The quantitative estimate of drug-likeness (QED) is 0.841. The molecule has 3 amide bonds. The molecule has 134 valence electrons. The fraction of sp³-hybridized carbons (Fsp3) is 0.526. The summed E-state index contributed by atoms with van der Waals surface area (Å²) >= 11 is 0. The standard InChI is InChI=1S/C19H25N3O3/c1-14(23)20-11-5-9-17(24)22-12-6-10-19(13-22)15-7-3-4-8-16(15)21(2)18(19)25/h3-4,7-8H,5-6,9-13H2,1-2H3,(H,20,23). The molecular formula is C19H25N3O3. The van der Waals surface area contributed by atoms with E-state index in [4.69, 9.17) is 0 Å². The van der Waals surface area contributed by atoms with Crippen molar-refractivity contribution in [2.24, 2.45) is 0 Å². The van der Waals surface area contributed by atoms with Gasteiger partial charge in [-0.1, -0.05) is 18.2 Å². The number of amides is 3. The molecule has 1 saturated heterocycles. The maximum Gasteiger partial charge on any atom is 0.239 e. The number of carbonyl (C=O) groups excluding carboxylic acids is 3. The number of likely N-dealkylation sites (N-methyl/N-ethyl adjacent to an activating group) is 1. The fourth-order valence-corrected chi connectivity index (χ4v) is 4.04. The van der Waals surface area contributed by atoms with Gasteiger partial charge >= 0.3 is 0 Å². The van der Waals surface area contributed by atoms with Crippen LogP contribution in [0.25, 0.3) is 0 Å². The summed E-state index contributed by atoms with van der Waals surface area (Å²) in [5.74, 6) is 0.0641. The molecule has 1 aromatic rings. The van der Waals surface area contributed by atoms with E-state index in [2.05, 4.69) is 5.32 Å². The van der Waals surface area contributed by atoms with Crippen molar-refractivity contribution < 1.29 is 14.4 Å². The zero-order chi connectivity index (χ0) is 18.0. The Morgan fingerprint density at radius 1 is 1.28 bits per heavy atom. The Morgan fingerprint density at radius 3 is 2.80 bits per heavy atom. The van der Waals surface area contributed by atoms with Gasteiger partial charge in [-0.25, -0.2) is 0 Å². The molecule has 1 atom stereocenters. The minimum absolute atomic E-state index is 0.0595. The topological polar surface area (TPSA) is 69.7 Å². The van der Waals surface area contributed by atoms with E-state index < -0.39 is 5.41 Å². The third-order valence-corrected chi connectivity index (χ3v) is 5.28. The second-order valence-corrected chi connectivity index (χ2v) is 6.97. The maximum atomic E-state index is 13.0. The Bertz CT molecular complexity index is 703. The van der Waals surface area contributed by atoms with Crippen LogP contribution in [0.3, 0.4) is 0 Å². The van der Waals surface area contributed by atoms with Gasteiger partial charge in [0.15, 0.2) is 0 Å². The second kappa shape index (κ2) is 6.86. The molecule has 0 radical (unpaired) electrons. The molecule has 2 aliphatic heterocycles. The normalized spacial score (nSPS) is 22.2. The molecule has 2 heterocycles. The average Bonchev–Trinajstić information content (AvgIpc) is 2.81. The average molecular weight is 343 g/mol. The summed E-state index contributed by atoms with van der Waals surface area (Å²) in [4.78, 5) is 40.0. The molecule has 0 aromatic heterocycles. The van der Waals surface area contributed by atoms with Crippen LogP contribution < -0.4 is 10.2 Å². The Hall–Kier alpha value is -2.37. The lowest BCUT2D eigenvalue weighted by molar-refractivity contribution is -0.136. The number of para-hydroxylation sites is 1. The Kier molecular flexibility index (Phi) is 4.79. The summed E-state index contributed by atoms with van der Waals surface area (Å²) in [6.07, 6.45) is 2.61. The number of anilines is 1. The molecule has 6 heteroatoms. The predicted octanol–water partition coefficient (Wildman–Crippen LogP) is 1.44. The number of nitrogens with one attached hydrogen (secondary N) is 1. The number of nitrogens with zero attached hydrogens (tertiary/aromatic N) is 2. The van der Waals surface area contributed by atoms with Crippen LogP contribution in [-0.4, -0.2) is 49.3 Å². The van der Waals surface area contributed by atoms with Crippen LogP contribution in [0.5, 0.6) is 0 Å². The smallest absolute Gasteiger partial charge is 0.239 e. The third-order valence-electron chi connectivity index (χ3n) is 5.28. The van der Waals surface area contributed by atoms with Crippen LogP contribution in [-0.2, 0) is 19.8 Å². The van der Waals surface area contributed by atoms with Gasteiger partial charge in [0.1, 0.15) is 0 Å². The first-order valence-electron chi connectivity index (χ1n) is 8.85. The highest BCUT2D eigenvalue weighted by Gasteiger charge is 2.52. The first kappa shape index (κ1) is 17.5. The minimum Gasteiger partial charge on any atom is -0.356 e. The van der Waals surface area contributed by atoms with Gasteiger partial charge in [-0.15, -0.1) is 0 Å². The van der Waals surface area contributed by atoms with E-state index in [0.29, 0.717) is 32.5 Å². The molecule has 0 aliphatic carbocycles. The number of benzene rings is 1. The lowest BCUT2D eigenvalue weighted by Crippen LogP contribution is -2.53. The van der Waals surface area contributed by atoms with Gasteiger partial charge in [0.25, 0.3) is 0 Å². The SMILES string of the molecule is CC(=O)NCCCC(=O)N1CCCC2(C1)C(=O)N(C)c1ccccc12. The number of piperidine rings is 1. The number of rotatable bonds is 4. The van der Waals surface area contributed by atoms with E-state index in [1.807, 2.05) is 36.2 Å². The molecule has 1 N–H and O–H groups in total. The summed E-state index contributed by atoms with van der Waals surface area (Å²) in [5.41, 5.74) is 1.39. The molecule has 1 unspecified atom stereocenters. The summed E-state index contributed by atoms with van der Waals surface area (Å²) in [6.45, 7) is 3.12. The molecule has 1 fully saturated rings. The van der Waals surface area contributed by atoms with Crippen molar-refractivity contribution in [3.05, 3.63) is 29.8 Å². The second-order valence-electron chi connectivity index (χ2n) is 6.97. The number of hydrogen-bond acceptors (Lipinski definition) is 3. The van der Waals surface area contributed by atoms with Gasteiger partial charge in [-0.3, -0.25) is 14.4 Å². The summed E-state index contributed by atoms with van der Waals surface area (Å²) < 4.78 is 0. The van der Waals surface area contributed by atoms with Crippen LogP contribution in [0.2, 0.25) is 0 Å². The van der Waals surface area contributed by atoms with E-state index in [1.54, 1.807) is 4.90 Å². The van der Waals surface area contributed by atoms with Crippen molar-refractivity contribution in [3.8, 4) is 0 Å². The number of likely N-dealkylation sites (tertiary alicyclic amines) is 1. The predicted molar refractivity (Wildman–Crippen MR) is 95.3 cm³/mol. The number of hydrogen-bond donors (Lipinski definition) is 1.